The highest BCUT2D eigenvalue weighted by Gasteiger charge is 2.16. The van der Waals surface area contributed by atoms with Gasteiger partial charge in [-0.2, -0.15) is 0 Å². The number of hydrazine groups is 1. The van der Waals surface area contributed by atoms with E-state index in [1.807, 2.05) is 6.07 Å². The first-order valence-corrected chi connectivity index (χ1v) is 9.40. The molecule has 5 nitrogen and oxygen atoms in total. The van der Waals surface area contributed by atoms with Gasteiger partial charge in [0.1, 0.15) is 5.75 Å². The standard InChI is InChI=1S/C18H19ClN2O3S/c19-13-6-8-14(9-7-13)24-11-17(22)20-21-18(23)16-10-12-4-2-1-3-5-15(12)25-16/h6-10H,1-5,11H2,(H,20,22)(H,21,23). The summed E-state index contributed by atoms with van der Waals surface area (Å²) in [4.78, 5) is 25.9. The number of ether oxygens (including phenoxy) is 1. The molecule has 2 amide bonds. The molecule has 132 valence electrons. The lowest BCUT2D eigenvalue weighted by atomic mass is 10.1. The molecule has 1 aromatic heterocycles. The summed E-state index contributed by atoms with van der Waals surface area (Å²) in [5.41, 5.74) is 6.08. The van der Waals surface area contributed by atoms with E-state index in [1.54, 1.807) is 24.3 Å². The molecule has 1 aliphatic carbocycles. The Kier molecular flexibility index (Phi) is 5.94. The normalized spacial score (nSPS) is 13.5. The Hall–Kier alpha value is -2.05. The fraction of sp³-hybridized carbons (Fsp3) is 0.333. The van der Waals surface area contributed by atoms with Crippen molar-refractivity contribution in [3.8, 4) is 5.75 Å². The van der Waals surface area contributed by atoms with Crippen molar-refractivity contribution in [3.63, 3.8) is 0 Å². The predicted octanol–water partition coefficient (Wildman–Crippen LogP) is 3.51. The summed E-state index contributed by atoms with van der Waals surface area (Å²) in [5, 5.41) is 0.596. The van der Waals surface area contributed by atoms with E-state index in [4.69, 9.17) is 16.3 Å². The molecule has 0 spiro atoms. The molecular weight excluding hydrogens is 360 g/mol. The van der Waals surface area contributed by atoms with Gasteiger partial charge in [-0.1, -0.05) is 18.0 Å². The smallest absolute Gasteiger partial charge is 0.279 e. The highest BCUT2D eigenvalue weighted by molar-refractivity contribution is 7.14. The van der Waals surface area contributed by atoms with Gasteiger partial charge in [-0.05, 0) is 61.6 Å². The zero-order valence-electron chi connectivity index (χ0n) is 13.6. The third kappa shape index (κ3) is 4.96. The molecule has 2 N–H and O–H groups in total. The molecule has 0 atom stereocenters. The number of fused-ring (bicyclic) bond motifs is 1. The van der Waals surface area contributed by atoms with E-state index in [2.05, 4.69) is 10.9 Å². The van der Waals surface area contributed by atoms with Crippen LogP contribution in [0, 0.1) is 0 Å². The van der Waals surface area contributed by atoms with Crippen molar-refractivity contribution in [2.45, 2.75) is 32.1 Å². The van der Waals surface area contributed by atoms with Gasteiger partial charge in [-0.3, -0.25) is 20.4 Å². The molecule has 1 aromatic carbocycles. The molecule has 0 saturated carbocycles. The van der Waals surface area contributed by atoms with E-state index in [9.17, 15) is 9.59 Å². The maximum Gasteiger partial charge on any atom is 0.279 e. The van der Waals surface area contributed by atoms with Gasteiger partial charge in [-0.25, -0.2) is 0 Å². The average molecular weight is 379 g/mol. The maximum atomic E-state index is 12.2. The number of rotatable bonds is 4. The minimum absolute atomic E-state index is 0.192. The highest BCUT2D eigenvalue weighted by Crippen LogP contribution is 2.28. The van der Waals surface area contributed by atoms with E-state index >= 15 is 0 Å². The van der Waals surface area contributed by atoms with Crippen LogP contribution in [0.15, 0.2) is 30.3 Å². The van der Waals surface area contributed by atoms with Crippen LogP contribution >= 0.6 is 22.9 Å². The average Bonchev–Trinajstić information content (AvgIpc) is 2.90. The zero-order valence-corrected chi connectivity index (χ0v) is 15.2. The van der Waals surface area contributed by atoms with Crippen LogP contribution in [0.3, 0.4) is 0 Å². The van der Waals surface area contributed by atoms with Crippen LogP contribution in [-0.4, -0.2) is 18.4 Å². The summed E-state index contributed by atoms with van der Waals surface area (Å²) in [6.07, 6.45) is 5.65. The summed E-state index contributed by atoms with van der Waals surface area (Å²) < 4.78 is 5.32. The maximum absolute atomic E-state index is 12.2. The molecule has 0 fully saturated rings. The number of hydrogen-bond acceptors (Lipinski definition) is 4. The van der Waals surface area contributed by atoms with Gasteiger partial charge < -0.3 is 4.74 Å². The number of hydrogen-bond donors (Lipinski definition) is 2. The minimum atomic E-state index is -0.429. The van der Waals surface area contributed by atoms with Crippen LogP contribution in [0.5, 0.6) is 5.75 Å². The van der Waals surface area contributed by atoms with E-state index < -0.39 is 5.91 Å². The van der Waals surface area contributed by atoms with Gasteiger partial charge in [0.2, 0.25) is 0 Å². The lowest BCUT2D eigenvalue weighted by molar-refractivity contribution is -0.123. The van der Waals surface area contributed by atoms with Crippen molar-refractivity contribution < 1.29 is 14.3 Å². The van der Waals surface area contributed by atoms with Gasteiger partial charge in [0.25, 0.3) is 11.8 Å². The van der Waals surface area contributed by atoms with Crippen molar-refractivity contribution in [1.82, 2.24) is 10.9 Å². The molecule has 1 aliphatic rings. The molecule has 1 heterocycles. The Balaban J connectivity index is 1.47. The summed E-state index contributed by atoms with van der Waals surface area (Å²) in [6.45, 7) is -0.192. The van der Waals surface area contributed by atoms with Crippen LogP contribution in [-0.2, 0) is 17.6 Å². The summed E-state index contributed by atoms with van der Waals surface area (Å²) in [5.74, 6) is -0.188. The SMILES string of the molecule is O=C(COc1ccc(Cl)cc1)NNC(=O)c1cc2c(s1)CCCCC2. The summed E-state index contributed by atoms with van der Waals surface area (Å²) in [7, 11) is 0. The second-order valence-corrected chi connectivity index (χ2v) is 7.44. The minimum Gasteiger partial charge on any atom is -0.484 e. The number of aryl methyl sites for hydroxylation is 2. The Morgan fingerprint density at radius 3 is 2.64 bits per heavy atom. The molecular formula is C18H19ClN2O3S. The second kappa shape index (κ2) is 8.36. The van der Waals surface area contributed by atoms with Gasteiger partial charge in [0.05, 0.1) is 4.88 Å². The fourth-order valence-electron chi connectivity index (χ4n) is 2.68. The van der Waals surface area contributed by atoms with Crippen molar-refractivity contribution in [1.29, 1.82) is 0 Å². The quantitative estimate of drug-likeness (QED) is 0.632. The number of carbonyl (C=O) groups is 2. The molecule has 3 rings (SSSR count). The Morgan fingerprint density at radius 1 is 1.08 bits per heavy atom. The molecule has 0 saturated heterocycles. The number of nitrogens with one attached hydrogen (secondary N) is 2. The molecule has 0 unspecified atom stereocenters. The van der Waals surface area contributed by atoms with Crippen molar-refractivity contribution in [3.05, 3.63) is 50.7 Å². The van der Waals surface area contributed by atoms with Crippen molar-refractivity contribution in [2.75, 3.05) is 6.61 Å². The van der Waals surface area contributed by atoms with Gasteiger partial charge in [0, 0.05) is 9.90 Å². The monoisotopic (exact) mass is 378 g/mol. The lowest BCUT2D eigenvalue weighted by Gasteiger charge is -2.08. The third-order valence-corrected chi connectivity index (χ3v) is 5.46. The molecule has 0 aliphatic heterocycles. The first kappa shape index (κ1) is 17.8. The van der Waals surface area contributed by atoms with Gasteiger partial charge in [-0.15, -0.1) is 11.3 Å². The first-order chi connectivity index (χ1) is 12.1. The number of halogens is 1. The third-order valence-electron chi connectivity index (χ3n) is 3.97. The number of carbonyl (C=O) groups excluding carboxylic acids is 2. The van der Waals surface area contributed by atoms with Crippen molar-refractivity contribution >= 4 is 34.8 Å². The van der Waals surface area contributed by atoms with E-state index in [1.165, 1.54) is 41.0 Å². The Labute approximate surface area is 155 Å². The number of thiophene rings is 1. The fourth-order valence-corrected chi connectivity index (χ4v) is 3.96. The van der Waals surface area contributed by atoms with Crippen molar-refractivity contribution in [2.24, 2.45) is 0 Å². The predicted molar refractivity (Wildman–Crippen MR) is 98.1 cm³/mol. The second-order valence-electron chi connectivity index (χ2n) is 5.86. The van der Waals surface area contributed by atoms with Crippen LogP contribution in [0.4, 0.5) is 0 Å². The van der Waals surface area contributed by atoms with Gasteiger partial charge >= 0.3 is 0 Å². The Morgan fingerprint density at radius 2 is 1.84 bits per heavy atom. The van der Waals surface area contributed by atoms with Crippen LogP contribution in [0.1, 0.15) is 39.4 Å². The van der Waals surface area contributed by atoms with E-state index in [-0.39, 0.29) is 12.5 Å². The molecule has 7 heteroatoms. The molecule has 0 radical (unpaired) electrons. The van der Waals surface area contributed by atoms with Crippen LogP contribution < -0.4 is 15.6 Å². The number of benzene rings is 1. The first-order valence-electron chi connectivity index (χ1n) is 8.21. The summed E-state index contributed by atoms with van der Waals surface area (Å²) in [6, 6.07) is 8.64. The molecule has 0 bridgehead atoms. The lowest BCUT2D eigenvalue weighted by Crippen LogP contribution is -2.43. The zero-order chi connectivity index (χ0) is 17.6. The van der Waals surface area contributed by atoms with E-state index in [0.29, 0.717) is 15.6 Å². The largest absolute Gasteiger partial charge is 0.484 e. The van der Waals surface area contributed by atoms with Gasteiger partial charge in [0.15, 0.2) is 6.61 Å². The molecule has 2 aromatic rings. The number of amides is 2. The van der Waals surface area contributed by atoms with E-state index in [0.717, 1.165) is 12.8 Å². The topological polar surface area (TPSA) is 67.4 Å². The summed E-state index contributed by atoms with van der Waals surface area (Å²) >= 11 is 7.30. The highest BCUT2D eigenvalue weighted by atomic mass is 35.5. The van der Waals surface area contributed by atoms with Crippen LogP contribution in [0.2, 0.25) is 5.02 Å². The van der Waals surface area contributed by atoms with Crippen LogP contribution in [0.25, 0.3) is 0 Å². The molecule has 25 heavy (non-hydrogen) atoms. The Bertz CT molecular complexity index is 735.